The molecule has 2 amide bonds. The number of benzene rings is 3. The first-order chi connectivity index (χ1) is 16.9. The largest absolute Gasteiger partial charge is 0.497 e. The monoisotopic (exact) mass is 490 g/mol. The van der Waals surface area contributed by atoms with Crippen LogP contribution in [-0.2, 0) is 0 Å². The fourth-order valence-electron chi connectivity index (χ4n) is 4.07. The van der Waals surface area contributed by atoms with E-state index in [0.717, 1.165) is 5.56 Å². The second kappa shape index (κ2) is 9.23. The van der Waals surface area contributed by atoms with E-state index in [2.05, 4.69) is 15.5 Å². The van der Waals surface area contributed by atoms with Crippen molar-refractivity contribution in [1.82, 2.24) is 15.5 Å². The summed E-state index contributed by atoms with van der Waals surface area (Å²) in [5, 5.41) is 7.69. The van der Waals surface area contributed by atoms with Gasteiger partial charge in [-0.3, -0.25) is 4.90 Å². The van der Waals surface area contributed by atoms with Crippen LogP contribution in [0.15, 0.2) is 83.0 Å². The molecule has 0 spiro atoms. The third-order valence-corrected chi connectivity index (χ3v) is 5.97. The van der Waals surface area contributed by atoms with Crippen molar-refractivity contribution in [2.45, 2.75) is 13.0 Å². The molecule has 0 fully saturated rings. The molecule has 1 aliphatic rings. The number of carbonyl (C=O) groups is 1. The Morgan fingerprint density at radius 3 is 2.60 bits per heavy atom. The van der Waals surface area contributed by atoms with E-state index < -0.39 is 11.9 Å². The maximum absolute atomic E-state index is 13.5. The van der Waals surface area contributed by atoms with Gasteiger partial charge in [0.1, 0.15) is 11.6 Å². The second-order valence-electron chi connectivity index (χ2n) is 7.90. The lowest BCUT2D eigenvalue weighted by molar-refractivity contribution is 0.244. The van der Waals surface area contributed by atoms with Gasteiger partial charge in [0.2, 0.25) is 5.82 Å². The highest BCUT2D eigenvalue weighted by Gasteiger charge is 2.36. The van der Waals surface area contributed by atoms with Gasteiger partial charge in [0.25, 0.3) is 5.89 Å². The number of halogens is 2. The van der Waals surface area contributed by atoms with Crippen LogP contribution in [0.5, 0.6) is 5.75 Å². The fourth-order valence-corrected chi connectivity index (χ4v) is 4.27. The Labute approximate surface area is 205 Å². The molecule has 1 N–H and O–H groups in total. The minimum absolute atomic E-state index is 0.234. The van der Waals surface area contributed by atoms with Crippen molar-refractivity contribution in [3.8, 4) is 17.1 Å². The first kappa shape index (κ1) is 22.6. The molecule has 1 unspecified atom stereocenters. The molecule has 0 aliphatic carbocycles. The van der Waals surface area contributed by atoms with Crippen molar-refractivity contribution in [1.29, 1.82) is 0 Å². The Morgan fingerprint density at radius 2 is 1.86 bits per heavy atom. The lowest BCUT2D eigenvalue weighted by Crippen LogP contribution is -2.46. The molecule has 2 heterocycles. The van der Waals surface area contributed by atoms with Crippen LogP contribution in [0, 0.1) is 5.82 Å². The molecule has 35 heavy (non-hydrogen) atoms. The van der Waals surface area contributed by atoms with Gasteiger partial charge in [-0.25, -0.2) is 9.18 Å². The lowest BCUT2D eigenvalue weighted by Gasteiger charge is -2.35. The molecule has 176 valence electrons. The SMILES string of the molecule is COc1cccc(-c2noc(C3=C(C)N(c4ccc(F)cc4)C(=O)NC3c3cccc(Cl)c3)n2)c1. The molecule has 3 aromatic carbocycles. The minimum Gasteiger partial charge on any atom is -0.497 e. The van der Waals surface area contributed by atoms with Crippen LogP contribution in [0.4, 0.5) is 14.9 Å². The minimum atomic E-state index is -0.600. The van der Waals surface area contributed by atoms with Crippen LogP contribution in [0.25, 0.3) is 17.0 Å². The van der Waals surface area contributed by atoms with E-state index >= 15 is 0 Å². The summed E-state index contributed by atoms with van der Waals surface area (Å²) < 4.78 is 24.5. The summed E-state index contributed by atoms with van der Waals surface area (Å²) in [6, 6.07) is 19.2. The summed E-state index contributed by atoms with van der Waals surface area (Å²) in [5.41, 5.74) is 3.12. The normalized spacial score (nSPS) is 15.8. The molecule has 1 atom stereocenters. The summed E-state index contributed by atoms with van der Waals surface area (Å²) in [7, 11) is 1.58. The number of carbonyl (C=O) groups excluding carboxylic acids is 1. The molecular formula is C26H20ClFN4O3. The average Bonchev–Trinajstić information content (AvgIpc) is 3.35. The maximum Gasteiger partial charge on any atom is 0.326 e. The topological polar surface area (TPSA) is 80.5 Å². The first-order valence-corrected chi connectivity index (χ1v) is 11.1. The predicted molar refractivity (Wildman–Crippen MR) is 130 cm³/mol. The molecule has 0 saturated carbocycles. The standard InChI is InChI=1S/C26H20ClFN4O3/c1-15-22(25-30-24(31-35-25)17-6-4-8-21(14-17)34-2)23(16-5-3-7-18(27)13-16)29-26(33)32(15)20-11-9-19(28)10-12-20/h3-14,23H,1-2H3,(H,29,33). The van der Waals surface area contributed by atoms with Gasteiger partial charge < -0.3 is 14.6 Å². The van der Waals surface area contributed by atoms with E-state index in [0.29, 0.717) is 39.1 Å². The Morgan fingerprint density at radius 1 is 1.09 bits per heavy atom. The van der Waals surface area contributed by atoms with Gasteiger partial charge in [0.05, 0.1) is 24.4 Å². The van der Waals surface area contributed by atoms with E-state index in [1.165, 1.54) is 29.2 Å². The number of ether oxygens (including phenoxy) is 1. The highest BCUT2D eigenvalue weighted by Crippen LogP contribution is 2.39. The van der Waals surface area contributed by atoms with Gasteiger partial charge in [-0.1, -0.05) is 41.0 Å². The molecule has 1 aromatic heterocycles. The molecule has 0 saturated heterocycles. The average molecular weight is 491 g/mol. The second-order valence-corrected chi connectivity index (χ2v) is 8.34. The smallest absolute Gasteiger partial charge is 0.326 e. The van der Waals surface area contributed by atoms with Crippen molar-refractivity contribution < 1.29 is 18.4 Å². The maximum atomic E-state index is 13.5. The first-order valence-electron chi connectivity index (χ1n) is 10.8. The van der Waals surface area contributed by atoms with Gasteiger partial charge in [-0.15, -0.1) is 0 Å². The van der Waals surface area contributed by atoms with Crippen molar-refractivity contribution in [3.05, 3.63) is 101 Å². The fraction of sp³-hybridized carbons (Fsp3) is 0.115. The molecule has 4 aromatic rings. The van der Waals surface area contributed by atoms with Crippen LogP contribution in [0.3, 0.4) is 0 Å². The van der Waals surface area contributed by atoms with Gasteiger partial charge in [-0.05, 0) is 61.0 Å². The molecule has 1 aliphatic heterocycles. The summed E-state index contributed by atoms with van der Waals surface area (Å²) in [6.07, 6.45) is 0. The predicted octanol–water partition coefficient (Wildman–Crippen LogP) is 6.24. The van der Waals surface area contributed by atoms with Gasteiger partial charge >= 0.3 is 6.03 Å². The molecule has 0 radical (unpaired) electrons. The Kier molecular flexibility index (Phi) is 5.96. The molecule has 7 nitrogen and oxygen atoms in total. The van der Waals surface area contributed by atoms with Gasteiger partial charge in [0.15, 0.2) is 0 Å². The van der Waals surface area contributed by atoms with E-state index in [1.54, 1.807) is 38.3 Å². The van der Waals surface area contributed by atoms with Crippen molar-refractivity contribution in [2.75, 3.05) is 12.0 Å². The summed E-state index contributed by atoms with van der Waals surface area (Å²) >= 11 is 6.24. The van der Waals surface area contributed by atoms with E-state index in [1.807, 2.05) is 24.3 Å². The van der Waals surface area contributed by atoms with Crippen molar-refractivity contribution in [2.24, 2.45) is 0 Å². The van der Waals surface area contributed by atoms with Gasteiger partial charge in [-0.2, -0.15) is 4.98 Å². The number of amides is 2. The lowest BCUT2D eigenvalue weighted by atomic mass is 9.94. The van der Waals surface area contributed by atoms with Crippen molar-refractivity contribution in [3.63, 3.8) is 0 Å². The summed E-state index contributed by atoms with van der Waals surface area (Å²) in [4.78, 5) is 19.3. The molecule has 9 heteroatoms. The highest BCUT2D eigenvalue weighted by molar-refractivity contribution is 6.30. The van der Waals surface area contributed by atoms with Crippen molar-refractivity contribution >= 4 is 28.9 Å². The van der Waals surface area contributed by atoms with E-state index in [-0.39, 0.29) is 11.9 Å². The zero-order chi connectivity index (χ0) is 24.5. The van der Waals surface area contributed by atoms with Crippen LogP contribution >= 0.6 is 11.6 Å². The Balaban J connectivity index is 1.65. The van der Waals surface area contributed by atoms with Crippen LogP contribution in [0.2, 0.25) is 5.02 Å². The number of allylic oxidation sites excluding steroid dienone is 1. The summed E-state index contributed by atoms with van der Waals surface area (Å²) in [5.74, 6) is 0.866. The number of rotatable bonds is 5. The number of nitrogens with one attached hydrogen (secondary N) is 1. The van der Waals surface area contributed by atoms with Crippen LogP contribution < -0.4 is 15.0 Å². The number of aromatic nitrogens is 2. The zero-order valence-electron chi connectivity index (χ0n) is 18.8. The number of urea groups is 1. The van der Waals surface area contributed by atoms with Gasteiger partial charge in [0, 0.05) is 16.3 Å². The third kappa shape index (κ3) is 4.36. The zero-order valence-corrected chi connectivity index (χ0v) is 19.6. The number of methoxy groups -OCH3 is 1. The van der Waals surface area contributed by atoms with E-state index in [9.17, 15) is 9.18 Å². The highest BCUT2D eigenvalue weighted by atomic mass is 35.5. The molecule has 5 rings (SSSR count). The number of hydrogen-bond donors (Lipinski definition) is 1. The Hall–Kier alpha value is -4.17. The molecular weight excluding hydrogens is 471 g/mol. The number of nitrogens with zero attached hydrogens (tertiary/aromatic N) is 3. The summed E-state index contributed by atoms with van der Waals surface area (Å²) in [6.45, 7) is 1.78. The van der Waals surface area contributed by atoms with Crippen LogP contribution in [0.1, 0.15) is 24.4 Å². The number of hydrogen-bond acceptors (Lipinski definition) is 5. The quantitative estimate of drug-likeness (QED) is 0.358. The number of anilines is 1. The molecule has 0 bridgehead atoms. The van der Waals surface area contributed by atoms with E-state index in [4.69, 9.17) is 20.9 Å². The van der Waals surface area contributed by atoms with Crippen LogP contribution in [-0.4, -0.2) is 23.3 Å². The third-order valence-electron chi connectivity index (χ3n) is 5.74. The Bertz CT molecular complexity index is 1430.